The zero-order chi connectivity index (χ0) is 12.8. The van der Waals surface area contributed by atoms with E-state index in [2.05, 4.69) is 0 Å². The van der Waals surface area contributed by atoms with Gasteiger partial charge in [-0.05, 0) is 19.4 Å². The van der Waals surface area contributed by atoms with Crippen LogP contribution in [0.3, 0.4) is 0 Å². The normalized spacial score (nSPS) is 38.3. The van der Waals surface area contributed by atoms with Crippen molar-refractivity contribution in [3.63, 3.8) is 0 Å². The second kappa shape index (κ2) is 7.22. The molecule has 7 heteroatoms. The van der Waals surface area contributed by atoms with E-state index in [0.717, 1.165) is 6.42 Å². The van der Waals surface area contributed by atoms with Gasteiger partial charge in [0.15, 0.2) is 6.29 Å². The number of rotatable bonds is 6. The Morgan fingerprint density at radius 2 is 1.76 bits per heavy atom. The molecule has 7 nitrogen and oxygen atoms in total. The molecule has 0 aromatic carbocycles. The van der Waals surface area contributed by atoms with Crippen LogP contribution < -0.4 is 5.73 Å². The quantitative estimate of drug-likeness (QED) is 0.331. The molecule has 3 unspecified atom stereocenters. The van der Waals surface area contributed by atoms with Crippen molar-refractivity contribution in [1.29, 1.82) is 0 Å². The molecule has 6 N–H and O–H groups in total. The Hall–Kier alpha value is -0.280. The Labute approximate surface area is 99.8 Å². The first-order valence-electron chi connectivity index (χ1n) is 5.74. The summed E-state index contributed by atoms with van der Waals surface area (Å²) in [6.45, 7) is 0.436. The fourth-order valence-corrected chi connectivity index (χ4v) is 1.65. The molecule has 0 aliphatic carbocycles. The van der Waals surface area contributed by atoms with Gasteiger partial charge in [0, 0.05) is 6.61 Å². The van der Waals surface area contributed by atoms with Crippen LogP contribution >= 0.6 is 0 Å². The van der Waals surface area contributed by atoms with Crippen molar-refractivity contribution in [2.24, 2.45) is 5.73 Å². The highest BCUT2D eigenvalue weighted by molar-refractivity contribution is 4.88. The Bertz CT molecular complexity index is 215. The molecule has 0 amide bonds. The summed E-state index contributed by atoms with van der Waals surface area (Å²) in [5.74, 6) is 0. The van der Waals surface area contributed by atoms with Gasteiger partial charge < -0.3 is 35.6 Å². The second-order valence-electron chi connectivity index (χ2n) is 4.06. The van der Waals surface area contributed by atoms with Crippen LogP contribution in [0.15, 0.2) is 0 Å². The predicted octanol–water partition coefficient (Wildman–Crippen LogP) is -2.46. The average molecular weight is 251 g/mol. The molecular weight excluding hydrogens is 230 g/mol. The summed E-state index contributed by atoms with van der Waals surface area (Å²) >= 11 is 0. The number of hydrogen-bond donors (Lipinski definition) is 5. The van der Waals surface area contributed by atoms with Gasteiger partial charge in [-0.25, -0.2) is 0 Å². The van der Waals surface area contributed by atoms with E-state index in [9.17, 15) is 15.3 Å². The number of aliphatic hydroxyl groups is 4. The first-order chi connectivity index (χ1) is 8.11. The van der Waals surface area contributed by atoms with E-state index < -0.39 is 37.3 Å². The first kappa shape index (κ1) is 14.8. The van der Waals surface area contributed by atoms with Crippen LogP contribution in [-0.2, 0) is 9.47 Å². The minimum absolute atomic E-state index is 0.333. The topological polar surface area (TPSA) is 125 Å². The Balaban J connectivity index is 2.42. The van der Waals surface area contributed by atoms with Crippen molar-refractivity contribution in [3.8, 4) is 0 Å². The molecule has 1 rings (SSSR count). The average Bonchev–Trinajstić information content (AvgIpc) is 2.34. The van der Waals surface area contributed by atoms with Crippen molar-refractivity contribution < 1.29 is 29.9 Å². The zero-order valence-electron chi connectivity index (χ0n) is 9.60. The maximum atomic E-state index is 9.61. The summed E-state index contributed by atoms with van der Waals surface area (Å²) in [5.41, 5.74) is 5.32. The maximum Gasteiger partial charge on any atom is 0.186 e. The molecular formula is C10H21NO6. The number of hydrogen-bond acceptors (Lipinski definition) is 7. The Kier molecular flexibility index (Phi) is 6.28. The zero-order valence-corrected chi connectivity index (χ0v) is 9.60. The molecule has 0 saturated carbocycles. The monoisotopic (exact) mass is 251 g/mol. The van der Waals surface area contributed by atoms with E-state index in [1.54, 1.807) is 0 Å². The molecule has 1 fully saturated rings. The lowest BCUT2D eigenvalue weighted by Crippen LogP contribution is -2.59. The van der Waals surface area contributed by atoms with Gasteiger partial charge in [-0.15, -0.1) is 0 Å². The highest BCUT2D eigenvalue weighted by Gasteiger charge is 2.43. The van der Waals surface area contributed by atoms with E-state index in [1.807, 2.05) is 0 Å². The minimum Gasteiger partial charge on any atom is -0.394 e. The molecule has 1 heterocycles. The third kappa shape index (κ3) is 3.85. The molecule has 1 aliphatic rings. The van der Waals surface area contributed by atoms with E-state index in [4.69, 9.17) is 20.3 Å². The van der Waals surface area contributed by atoms with Crippen LogP contribution in [0.4, 0.5) is 0 Å². The number of aliphatic hydroxyl groups excluding tert-OH is 4. The van der Waals surface area contributed by atoms with Crippen LogP contribution in [0.1, 0.15) is 12.8 Å². The third-order valence-electron chi connectivity index (χ3n) is 2.73. The highest BCUT2D eigenvalue weighted by atomic mass is 16.7. The van der Waals surface area contributed by atoms with Crippen LogP contribution in [0.2, 0.25) is 0 Å². The molecule has 0 bridgehead atoms. The number of nitrogens with two attached hydrogens (primary N) is 1. The van der Waals surface area contributed by atoms with Gasteiger partial charge in [-0.1, -0.05) is 0 Å². The number of ether oxygens (including phenoxy) is 2. The summed E-state index contributed by atoms with van der Waals surface area (Å²) in [4.78, 5) is 0. The van der Waals surface area contributed by atoms with Crippen LogP contribution in [0, 0.1) is 0 Å². The van der Waals surface area contributed by atoms with Gasteiger partial charge in [-0.3, -0.25) is 0 Å². The first-order valence-corrected chi connectivity index (χ1v) is 5.74. The van der Waals surface area contributed by atoms with Crippen LogP contribution in [0.5, 0.6) is 0 Å². The van der Waals surface area contributed by atoms with E-state index in [0.29, 0.717) is 19.6 Å². The maximum absolute atomic E-state index is 9.61. The van der Waals surface area contributed by atoms with Gasteiger partial charge in [0.05, 0.1) is 6.61 Å². The summed E-state index contributed by atoms with van der Waals surface area (Å²) in [5, 5.41) is 37.6. The molecule has 5 atom stereocenters. The third-order valence-corrected chi connectivity index (χ3v) is 2.73. The van der Waals surface area contributed by atoms with Gasteiger partial charge in [0.1, 0.15) is 24.4 Å². The van der Waals surface area contributed by atoms with Crippen molar-refractivity contribution >= 4 is 0 Å². The van der Waals surface area contributed by atoms with Crippen molar-refractivity contribution in [2.45, 2.75) is 43.5 Å². The van der Waals surface area contributed by atoms with Gasteiger partial charge in [0.25, 0.3) is 0 Å². The highest BCUT2D eigenvalue weighted by Crippen LogP contribution is 2.21. The SMILES string of the molecule is NCCCCO[C@H]1OC(CO)[C@@H](O)C(O)C1O. The molecule has 0 radical (unpaired) electrons. The minimum atomic E-state index is -1.39. The smallest absolute Gasteiger partial charge is 0.186 e. The van der Waals surface area contributed by atoms with Crippen LogP contribution in [0.25, 0.3) is 0 Å². The Morgan fingerprint density at radius 1 is 1.06 bits per heavy atom. The van der Waals surface area contributed by atoms with Crippen LogP contribution in [-0.4, -0.2) is 70.9 Å². The largest absolute Gasteiger partial charge is 0.394 e. The lowest BCUT2D eigenvalue weighted by atomic mass is 9.99. The summed E-state index contributed by atoms with van der Waals surface area (Å²) in [7, 11) is 0. The Morgan fingerprint density at radius 3 is 2.35 bits per heavy atom. The van der Waals surface area contributed by atoms with E-state index in [1.165, 1.54) is 0 Å². The summed E-state index contributed by atoms with van der Waals surface area (Å²) in [6, 6.07) is 0. The molecule has 17 heavy (non-hydrogen) atoms. The summed E-state index contributed by atoms with van der Waals surface area (Å²) in [6.07, 6.45) is -4.52. The second-order valence-corrected chi connectivity index (χ2v) is 4.06. The summed E-state index contributed by atoms with van der Waals surface area (Å²) < 4.78 is 10.4. The molecule has 102 valence electrons. The van der Waals surface area contributed by atoms with E-state index >= 15 is 0 Å². The van der Waals surface area contributed by atoms with Crippen molar-refractivity contribution in [1.82, 2.24) is 0 Å². The number of unbranched alkanes of at least 4 members (excludes halogenated alkanes) is 1. The predicted molar refractivity (Wildman–Crippen MR) is 58.0 cm³/mol. The van der Waals surface area contributed by atoms with Crippen molar-refractivity contribution in [2.75, 3.05) is 19.8 Å². The molecule has 0 aromatic heterocycles. The molecule has 0 spiro atoms. The fraction of sp³-hybridized carbons (Fsp3) is 1.00. The van der Waals surface area contributed by atoms with Crippen molar-refractivity contribution in [3.05, 3.63) is 0 Å². The fourth-order valence-electron chi connectivity index (χ4n) is 1.65. The van der Waals surface area contributed by atoms with Gasteiger partial charge in [-0.2, -0.15) is 0 Å². The molecule has 1 aliphatic heterocycles. The standard InChI is InChI=1S/C10H21NO6/c11-3-1-2-4-16-10-9(15)8(14)7(13)6(5-12)17-10/h6-10,12-15H,1-5,11H2/t6?,7-,8?,9?,10+/m1/s1. The lowest BCUT2D eigenvalue weighted by Gasteiger charge is -2.39. The van der Waals surface area contributed by atoms with E-state index in [-0.39, 0.29) is 0 Å². The van der Waals surface area contributed by atoms with Gasteiger partial charge >= 0.3 is 0 Å². The molecule has 1 saturated heterocycles. The van der Waals surface area contributed by atoms with Gasteiger partial charge in [0.2, 0.25) is 0 Å². The molecule has 0 aromatic rings. The lowest BCUT2D eigenvalue weighted by molar-refractivity contribution is -0.301.